The Hall–Kier alpha value is -0.680. The Bertz CT molecular complexity index is 470. The normalized spacial score (nSPS) is 21.7. The molecular weight excluding hydrogens is 291 g/mol. The highest BCUT2D eigenvalue weighted by Gasteiger charge is 2.29. The van der Waals surface area contributed by atoms with Crippen molar-refractivity contribution in [1.82, 2.24) is 10.2 Å². The molecule has 2 atom stereocenters. The summed E-state index contributed by atoms with van der Waals surface area (Å²) in [5, 5.41) is 3.44. The monoisotopic (exact) mass is 314 g/mol. The SMILES string of the molecule is CNC(Cc1cccc(Cl)c1F)C1CN(C(C)C)CCO1. The van der Waals surface area contributed by atoms with E-state index in [0.29, 0.717) is 18.0 Å². The maximum absolute atomic E-state index is 14.1. The fourth-order valence-corrected chi connectivity index (χ4v) is 2.97. The number of likely N-dealkylation sites (N-methyl/N-ethyl adjacent to an activating group) is 1. The standard InChI is InChI=1S/C16H24ClFN2O/c1-11(2)20-7-8-21-15(10-20)14(19-3)9-12-5-4-6-13(17)16(12)18/h4-6,11,14-15,19H,7-10H2,1-3H3. The molecule has 0 spiro atoms. The average Bonchev–Trinajstić information content (AvgIpc) is 2.49. The predicted octanol–water partition coefficient (Wildman–Crippen LogP) is 2.72. The van der Waals surface area contributed by atoms with Gasteiger partial charge < -0.3 is 10.1 Å². The fraction of sp³-hybridized carbons (Fsp3) is 0.625. The molecule has 0 bridgehead atoms. The van der Waals surface area contributed by atoms with Gasteiger partial charge in [0.2, 0.25) is 0 Å². The number of hydrogen-bond donors (Lipinski definition) is 1. The highest BCUT2D eigenvalue weighted by Crippen LogP contribution is 2.21. The van der Waals surface area contributed by atoms with E-state index >= 15 is 0 Å². The van der Waals surface area contributed by atoms with Gasteiger partial charge >= 0.3 is 0 Å². The topological polar surface area (TPSA) is 24.5 Å². The molecule has 1 aromatic carbocycles. The summed E-state index contributed by atoms with van der Waals surface area (Å²) < 4.78 is 20.0. The molecule has 1 fully saturated rings. The van der Waals surface area contributed by atoms with Crippen LogP contribution < -0.4 is 5.32 Å². The Morgan fingerprint density at radius 3 is 2.90 bits per heavy atom. The van der Waals surface area contributed by atoms with E-state index in [1.165, 1.54) is 0 Å². The third-order valence-electron chi connectivity index (χ3n) is 4.15. The molecule has 21 heavy (non-hydrogen) atoms. The van der Waals surface area contributed by atoms with Gasteiger partial charge in [0.25, 0.3) is 0 Å². The third kappa shape index (κ3) is 4.16. The van der Waals surface area contributed by atoms with Gasteiger partial charge in [-0.2, -0.15) is 0 Å². The minimum absolute atomic E-state index is 0.0598. The summed E-state index contributed by atoms with van der Waals surface area (Å²) in [6.07, 6.45) is 0.629. The van der Waals surface area contributed by atoms with Gasteiger partial charge in [0.1, 0.15) is 5.82 Å². The van der Waals surface area contributed by atoms with E-state index in [-0.39, 0.29) is 23.0 Å². The molecule has 0 aromatic heterocycles. The van der Waals surface area contributed by atoms with Gasteiger partial charge in [-0.3, -0.25) is 4.90 Å². The largest absolute Gasteiger partial charge is 0.374 e. The van der Waals surface area contributed by atoms with E-state index in [1.54, 1.807) is 18.2 Å². The van der Waals surface area contributed by atoms with Crippen LogP contribution in [0.15, 0.2) is 18.2 Å². The zero-order chi connectivity index (χ0) is 15.4. The zero-order valence-electron chi connectivity index (χ0n) is 12.9. The molecule has 0 saturated carbocycles. The van der Waals surface area contributed by atoms with Crippen molar-refractivity contribution in [1.29, 1.82) is 0 Å². The summed E-state index contributed by atoms with van der Waals surface area (Å²) in [6, 6.07) is 5.72. The van der Waals surface area contributed by atoms with Crippen molar-refractivity contribution in [2.45, 2.75) is 38.5 Å². The number of nitrogens with one attached hydrogen (secondary N) is 1. The Labute approximate surface area is 131 Å². The molecule has 3 nitrogen and oxygen atoms in total. The lowest BCUT2D eigenvalue weighted by atomic mass is 9.99. The van der Waals surface area contributed by atoms with Crippen molar-refractivity contribution < 1.29 is 9.13 Å². The van der Waals surface area contributed by atoms with E-state index in [1.807, 2.05) is 7.05 Å². The first-order valence-corrected chi connectivity index (χ1v) is 7.86. The van der Waals surface area contributed by atoms with Gasteiger partial charge in [-0.25, -0.2) is 4.39 Å². The van der Waals surface area contributed by atoms with Gasteiger partial charge in [-0.15, -0.1) is 0 Å². The summed E-state index contributed by atoms with van der Waals surface area (Å²) in [4.78, 5) is 2.40. The maximum Gasteiger partial charge on any atom is 0.145 e. The molecular formula is C16H24ClFN2O. The molecule has 1 aliphatic rings. The van der Waals surface area contributed by atoms with Crippen LogP contribution in [0.4, 0.5) is 4.39 Å². The third-order valence-corrected chi connectivity index (χ3v) is 4.44. The van der Waals surface area contributed by atoms with Gasteiger partial charge in [-0.05, 0) is 38.9 Å². The minimum Gasteiger partial charge on any atom is -0.374 e. The predicted molar refractivity (Wildman–Crippen MR) is 84.4 cm³/mol. The van der Waals surface area contributed by atoms with Crippen molar-refractivity contribution >= 4 is 11.6 Å². The van der Waals surface area contributed by atoms with Crippen LogP contribution >= 0.6 is 11.6 Å². The molecule has 2 unspecified atom stereocenters. The number of rotatable bonds is 5. The molecule has 0 amide bonds. The molecule has 1 heterocycles. The number of benzene rings is 1. The van der Waals surface area contributed by atoms with Crippen molar-refractivity contribution in [2.75, 3.05) is 26.7 Å². The summed E-state index contributed by atoms with van der Waals surface area (Å²) >= 11 is 5.86. The van der Waals surface area contributed by atoms with Crippen LogP contribution in [0.5, 0.6) is 0 Å². The average molecular weight is 315 g/mol. The molecule has 1 aliphatic heterocycles. The lowest BCUT2D eigenvalue weighted by Crippen LogP contribution is -2.53. The van der Waals surface area contributed by atoms with Crippen LogP contribution in [0, 0.1) is 5.82 Å². The summed E-state index contributed by atoms with van der Waals surface area (Å²) in [7, 11) is 1.89. The van der Waals surface area contributed by atoms with Gasteiger partial charge in [0, 0.05) is 25.2 Å². The van der Waals surface area contributed by atoms with E-state index < -0.39 is 0 Å². The Morgan fingerprint density at radius 1 is 1.48 bits per heavy atom. The molecule has 1 aromatic rings. The Balaban J connectivity index is 2.07. The first kappa shape index (κ1) is 16.7. The second-order valence-electron chi connectivity index (χ2n) is 5.81. The van der Waals surface area contributed by atoms with E-state index in [0.717, 1.165) is 19.7 Å². The second kappa shape index (κ2) is 7.54. The van der Waals surface area contributed by atoms with Crippen molar-refractivity contribution in [3.05, 3.63) is 34.6 Å². The maximum atomic E-state index is 14.1. The van der Waals surface area contributed by atoms with Crippen LogP contribution in [-0.4, -0.2) is 49.8 Å². The molecule has 2 rings (SSSR count). The van der Waals surface area contributed by atoms with Crippen LogP contribution in [-0.2, 0) is 11.2 Å². The Kier molecular flexibility index (Phi) is 5.99. The molecule has 5 heteroatoms. The fourth-order valence-electron chi connectivity index (χ4n) is 2.77. The quantitative estimate of drug-likeness (QED) is 0.904. The number of halogens is 2. The lowest BCUT2D eigenvalue weighted by Gasteiger charge is -2.39. The number of morpholine rings is 1. The number of nitrogens with zero attached hydrogens (tertiary/aromatic N) is 1. The van der Waals surface area contributed by atoms with E-state index in [9.17, 15) is 4.39 Å². The highest BCUT2D eigenvalue weighted by molar-refractivity contribution is 6.30. The Morgan fingerprint density at radius 2 is 2.24 bits per heavy atom. The summed E-state index contributed by atoms with van der Waals surface area (Å²) in [5.74, 6) is -0.323. The van der Waals surface area contributed by atoms with Crippen LogP contribution in [0.2, 0.25) is 5.02 Å². The van der Waals surface area contributed by atoms with Crippen molar-refractivity contribution in [2.24, 2.45) is 0 Å². The van der Waals surface area contributed by atoms with Gasteiger partial charge in [-0.1, -0.05) is 23.7 Å². The second-order valence-corrected chi connectivity index (χ2v) is 6.22. The molecule has 1 N–H and O–H groups in total. The lowest BCUT2D eigenvalue weighted by molar-refractivity contribution is -0.0542. The summed E-state index contributed by atoms with van der Waals surface area (Å²) in [5.41, 5.74) is 0.632. The molecule has 118 valence electrons. The number of ether oxygens (including phenoxy) is 1. The minimum atomic E-state index is -0.323. The first-order valence-electron chi connectivity index (χ1n) is 7.48. The number of hydrogen-bond acceptors (Lipinski definition) is 3. The molecule has 0 aliphatic carbocycles. The van der Waals surface area contributed by atoms with Crippen LogP contribution in [0.1, 0.15) is 19.4 Å². The van der Waals surface area contributed by atoms with E-state index in [4.69, 9.17) is 16.3 Å². The smallest absolute Gasteiger partial charge is 0.145 e. The van der Waals surface area contributed by atoms with E-state index in [2.05, 4.69) is 24.1 Å². The van der Waals surface area contributed by atoms with Crippen molar-refractivity contribution in [3.8, 4) is 0 Å². The summed E-state index contributed by atoms with van der Waals surface area (Å²) in [6.45, 7) is 6.92. The zero-order valence-corrected chi connectivity index (χ0v) is 13.7. The first-order chi connectivity index (χ1) is 10.0. The van der Waals surface area contributed by atoms with Crippen molar-refractivity contribution in [3.63, 3.8) is 0 Å². The molecule has 1 saturated heterocycles. The molecule has 0 radical (unpaired) electrons. The van der Waals surface area contributed by atoms with Crippen LogP contribution in [0.25, 0.3) is 0 Å². The van der Waals surface area contributed by atoms with Gasteiger partial charge in [0.05, 0.1) is 17.7 Å². The van der Waals surface area contributed by atoms with Crippen LogP contribution in [0.3, 0.4) is 0 Å². The highest BCUT2D eigenvalue weighted by atomic mass is 35.5. The van der Waals surface area contributed by atoms with Gasteiger partial charge in [0.15, 0.2) is 0 Å².